The Morgan fingerprint density at radius 2 is 1.56 bits per heavy atom. The largest absolute Gasteiger partial charge is 0.469 e. The standard InChI is InChI=1S/C20H32O7/c1-9-10-11-12-20(14(2)21,18(23)27-19(3,4)5)15(13-16(22)24-6)17(25-7)26-8/h15,17H,9,12-13H2,1-8H3. The van der Waals surface area contributed by atoms with Gasteiger partial charge in [0, 0.05) is 33.0 Å². The molecule has 0 heterocycles. The minimum Gasteiger partial charge on any atom is -0.469 e. The van der Waals surface area contributed by atoms with Crippen LogP contribution in [0.1, 0.15) is 53.9 Å². The first-order chi connectivity index (χ1) is 12.5. The summed E-state index contributed by atoms with van der Waals surface area (Å²) in [7, 11) is 3.97. The van der Waals surface area contributed by atoms with Gasteiger partial charge in [0.2, 0.25) is 0 Å². The van der Waals surface area contributed by atoms with E-state index in [4.69, 9.17) is 18.9 Å². The molecule has 0 amide bonds. The first-order valence-electron chi connectivity index (χ1n) is 8.82. The molecule has 0 aliphatic carbocycles. The highest BCUT2D eigenvalue weighted by Crippen LogP contribution is 2.41. The summed E-state index contributed by atoms with van der Waals surface area (Å²) in [5.41, 5.74) is -2.57. The topological polar surface area (TPSA) is 88.1 Å². The predicted octanol–water partition coefficient (Wildman–Crippen LogP) is 2.51. The van der Waals surface area contributed by atoms with E-state index in [1.54, 1.807) is 20.8 Å². The van der Waals surface area contributed by atoms with Gasteiger partial charge in [-0.1, -0.05) is 6.92 Å². The van der Waals surface area contributed by atoms with Crippen LogP contribution < -0.4 is 0 Å². The number of esters is 2. The fraction of sp³-hybridized carbons (Fsp3) is 0.750. The van der Waals surface area contributed by atoms with E-state index >= 15 is 0 Å². The van der Waals surface area contributed by atoms with Crippen molar-refractivity contribution >= 4 is 17.7 Å². The summed E-state index contributed by atoms with van der Waals surface area (Å²) in [6.07, 6.45) is -0.836. The van der Waals surface area contributed by atoms with Gasteiger partial charge in [0.25, 0.3) is 0 Å². The lowest BCUT2D eigenvalue weighted by atomic mass is 9.68. The molecule has 0 saturated carbocycles. The summed E-state index contributed by atoms with van der Waals surface area (Å²) < 4.78 is 20.9. The molecule has 7 nitrogen and oxygen atoms in total. The van der Waals surface area contributed by atoms with E-state index in [2.05, 4.69) is 11.8 Å². The molecule has 0 aromatic carbocycles. The molecule has 0 bridgehead atoms. The Bertz CT molecular complexity index is 575. The average Bonchev–Trinajstić information content (AvgIpc) is 2.57. The van der Waals surface area contributed by atoms with E-state index < -0.39 is 40.9 Å². The Hall–Kier alpha value is -1.91. The van der Waals surface area contributed by atoms with Crippen LogP contribution in [0.5, 0.6) is 0 Å². The second-order valence-corrected chi connectivity index (χ2v) is 7.14. The Morgan fingerprint density at radius 1 is 1.00 bits per heavy atom. The fourth-order valence-electron chi connectivity index (χ4n) is 2.77. The third kappa shape index (κ3) is 6.96. The molecule has 0 aromatic rings. The molecular weight excluding hydrogens is 352 g/mol. The lowest BCUT2D eigenvalue weighted by molar-refractivity contribution is -0.199. The molecule has 0 radical (unpaired) electrons. The Morgan fingerprint density at radius 3 is 1.93 bits per heavy atom. The van der Waals surface area contributed by atoms with Crippen LogP contribution in [0, 0.1) is 23.2 Å². The lowest BCUT2D eigenvalue weighted by Gasteiger charge is -2.39. The van der Waals surface area contributed by atoms with Gasteiger partial charge >= 0.3 is 11.9 Å². The average molecular weight is 384 g/mol. The van der Waals surface area contributed by atoms with Crippen molar-refractivity contribution in [1.82, 2.24) is 0 Å². The number of carbonyl (C=O) groups is 3. The first-order valence-corrected chi connectivity index (χ1v) is 8.82. The SMILES string of the molecule is CCC#CCC(C(C)=O)(C(=O)OC(C)(C)C)C(CC(=O)OC)C(OC)OC. The highest BCUT2D eigenvalue weighted by molar-refractivity contribution is 6.04. The summed E-state index contributed by atoms with van der Waals surface area (Å²) in [5, 5.41) is 0. The molecule has 0 saturated heterocycles. The lowest BCUT2D eigenvalue weighted by Crippen LogP contribution is -2.53. The Balaban J connectivity index is 6.50. The van der Waals surface area contributed by atoms with E-state index in [1.165, 1.54) is 28.3 Å². The van der Waals surface area contributed by atoms with Crippen LogP contribution in [-0.2, 0) is 33.3 Å². The zero-order chi connectivity index (χ0) is 21.3. The van der Waals surface area contributed by atoms with Crippen molar-refractivity contribution in [1.29, 1.82) is 0 Å². The van der Waals surface area contributed by atoms with E-state index in [-0.39, 0.29) is 12.8 Å². The van der Waals surface area contributed by atoms with Crippen LogP contribution in [0.3, 0.4) is 0 Å². The molecule has 154 valence electrons. The molecular formula is C20H32O7. The summed E-state index contributed by atoms with van der Waals surface area (Å²) >= 11 is 0. The summed E-state index contributed by atoms with van der Waals surface area (Å²) in [4.78, 5) is 38.0. The van der Waals surface area contributed by atoms with Crippen LogP contribution in [0.2, 0.25) is 0 Å². The third-order valence-corrected chi connectivity index (χ3v) is 4.10. The molecule has 0 N–H and O–H groups in total. The second kappa shape index (κ2) is 11.1. The third-order valence-electron chi connectivity index (χ3n) is 4.10. The van der Waals surface area contributed by atoms with Crippen molar-refractivity contribution < 1.29 is 33.3 Å². The number of rotatable bonds is 9. The van der Waals surface area contributed by atoms with Gasteiger partial charge in [0.1, 0.15) is 16.8 Å². The number of ketones is 1. The monoisotopic (exact) mass is 384 g/mol. The summed E-state index contributed by atoms with van der Waals surface area (Å²) in [6.45, 7) is 8.24. The maximum Gasteiger partial charge on any atom is 0.321 e. The molecule has 0 aliphatic rings. The van der Waals surface area contributed by atoms with Gasteiger partial charge in [-0.05, 0) is 27.7 Å². The maximum atomic E-state index is 13.2. The maximum absolute atomic E-state index is 13.2. The molecule has 0 rings (SSSR count). The smallest absolute Gasteiger partial charge is 0.321 e. The number of ether oxygens (including phenoxy) is 4. The van der Waals surface area contributed by atoms with Crippen molar-refractivity contribution in [2.75, 3.05) is 21.3 Å². The minimum absolute atomic E-state index is 0.115. The van der Waals surface area contributed by atoms with Gasteiger partial charge in [-0.3, -0.25) is 14.4 Å². The number of methoxy groups -OCH3 is 3. The van der Waals surface area contributed by atoms with Gasteiger partial charge in [-0.15, -0.1) is 11.8 Å². The summed E-state index contributed by atoms with van der Waals surface area (Å²) in [6, 6.07) is 0. The van der Waals surface area contributed by atoms with Crippen molar-refractivity contribution in [3.05, 3.63) is 0 Å². The molecule has 27 heavy (non-hydrogen) atoms. The van der Waals surface area contributed by atoms with Crippen LogP contribution in [0.25, 0.3) is 0 Å². The molecule has 0 aliphatic heterocycles. The first kappa shape index (κ1) is 25.1. The van der Waals surface area contributed by atoms with Crippen LogP contribution >= 0.6 is 0 Å². The zero-order valence-corrected chi connectivity index (χ0v) is 17.6. The second-order valence-electron chi connectivity index (χ2n) is 7.14. The Kier molecular flexibility index (Phi) is 10.3. The van der Waals surface area contributed by atoms with Crippen LogP contribution in [0.15, 0.2) is 0 Å². The minimum atomic E-state index is -1.74. The fourth-order valence-corrected chi connectivity index (χ4v) is 2.77. The quantitative estimate of drug-likeness (QED) is 0.261. The van der Waals surface area contributed by atoms with Gasteiger partial charge in [0.05, 0.1) is 13.5 Å². The van der Waals surface area contributed by atoms with E-state index in [9.17, 15) is 14.4 Å². The van der Waals surface area contributed by atoms with Crippen molar-refractivity contribution in [3.63, 3.8) is 0 Å². The van der Waals surface area contributed by atoms with Gasteiger partial charge in [-0.2, -0.15) is 0 Å². The highest BCUT2D eigenvalue weighted by Gasteiger charge is 2.55. The molecule has 0 aromatic heterocycles. The van der Waals surface area contributed by atoms with Crippen LogP contribution in [0.4, 0.5) is 0 Å². The molecule has 0 fully saturated rings. The van der Waals surface area contributed by atoms with Crippen molar-refractivity contribution in [2.45, 2.75) is 65.8 Å². The Labute approximate surface area is 162 Å². The molecule has 2 atom stereocenters. The zero-order valence-electron chi connectivity index (χ0n) is 17.6. The van der Waals surface area contributed by atoms with Crippen molar-refractivity contribution in [3.8, 4) is 11.8 Å². The summed E-state index contributed by atoms with van der Waals surface area (Å²) in [5.74, 6) is 2.92. The van der Waals surface area contributed by atoms with Gasteiger partial charge in [-0.25, -0.2) is 0 Å². The number of hydrogen-bond donors (Lipinski definition) is 0. The molecule has 2 unspecified atom stereocenters. The number of hydrogen-bond acceptors (Lipinski definition) is 7. The van der Waals surface area contributed by atoms with E-state index in [0.29, 0.717) is 6.42 Å². The molecule has 0 spiro atoms. The van der Waals surface area contributed by atoms with Gasteiger partial charge < -0.3 is 18.9 Å². The van der Waals surface area contributed by atoms with Crippen LogP contribution in [-0.4, -0.2) is 50.9 Å². The number of carbonyl (C=O) groups excluding carboxylic acids is 3. The number of Topliss-reactive ketones (excluding diaryl/α,β-unsaturated/α-hetero) is 1. The van der Waals surface area contributed by atoms with Gasteiger partial charge in [0.15, 0.2) is 6.29 Å². The van der Waals surface area contributed by atoms with E-state index in [1.807, 2.05) is 6.92 Å². The molecule has 7 heteroatoms. The predicted molar refractivity (Wildman–Crippen MR) is 99.6 cm³/mol. The highest BCUT2D eigenvalue weighted by atomic mass is 16.7. The van der Waals surface area contributed by atoms with Crippen molar-refractivity contribution in [2.24, 2.45) is 11.3 Å². The van der Waals surface area contributed by atoms with E-state index in [0.717, 1.165) is 0 Å². The normalized spacial score (nSPS) is 14.6.